The van der Waals surface area contributed by atoms with Crippen molar-refractivity contribution in [1.82, 2.24) is 0 Å². The van der Waals surface area contributed by atoms with Crippen LogP contribution >= 0.6 is 0 Å². The fourth-order valence-electron chi connectivity index (χ4n) is 1.80. The van der Waals surface area contributed by atoms with Crippen molar-refractivity contribution < 1.29 is 0 Å². The molecule has 0 saturated heterocycles. The molecule has 0 heteroatoms. The monoisotopic (exact) mass is 146 g/mol. The predicted molar refractivity (Wildman–Crippen MR) is 48.3 cm³/mol. The van der Waals surface area contributed by atoms with E-state index in [2.05, 4.69) is 31.2 Å². The Balaban J connectivity index is 2.30. The van der Waals surface area contributed by atoms with E-state index in [1.54, 1.807) is 5.57 Å². The summed E-state index contributed by atoms with van der Waals surface area (Å²) < 4.78 is 0. The fourth-order valence-corrected chi connectivity index (χ4v) is 1.80. The summed E-state index contributed by atoms with van der Waals surface area (Å²) in [6, 6.07) is 0. The molecule has 2 aliphatic rings. The van der Waals surface area contributed by atoms with Crippen LogP contribution in [0.3, 0.4) is 0 Å². The number of rotatable bonds is 0. The van der Waals surface area contributed by atoms with Crippen LogP contribution in [0.4, 0.5) is 0 Å². The maximum Gasteiger partial charge on any atom is -0.0221 e. The van der Waals surface area contributed by atoms with Crippen LogP contribution in [0, 0.1) is 5.92 Å². The third-order valence-corrected chi connectivity index (χ3v) is 2.44. The van der Waals surface area contributed by atoms with Crippen molar-refractivity contribution in [3.8, 4) is 0 Å². The Labute approximate surface area is 68.3 Å². The van der Waals surface area contributed by atoms with Crippen molar-refractivity contribution in [3.63, 3.8) is 0 Å². The first-order valence-corrected chi connectivity index (χ1v) is 4.44. The Hall–Kier alpha value is -0.780. The third-order valence-electron chi connectivity index (χ3n) is 2.44. The van der Waals surface area contributed by atoms with E-state index in [1.165, 1.54) is 24.8 Å². The highest BCUT2D eigenvalue weighted by molar-refractivity contribution is 5.44. The SMILES string of the molecule is CC1C=C2CCC=CC2=CC1. The molecule has 0 amide bonds. The van der Waals surface area contributed by atoms with Gasteiger partial charge in [-0.25, -0.2) is 0 Å². The molecule has 1 unspecified atom stereocenters. The first kappa shape index (κ1) is 6.90. The average molecular weight is 146 g/mol. The van der Waals surface area contributed by atoms with Gasteiger partial charge in [-0.1, -0.05) is 31.2 Å². The maximum atomic E-state index is 2.43. The molecule has 0 aromatic heterocycles. The second-order valence-electron chi connectivity index (χ2n) is 3.51. The maximum absolute atomic E-state index is 2.43. The fraction of sp³-hybridized carbons (Fsp3) is 0.455. The molecular weight excluding hydrogens is 132 g/mol. The van der Waals surface area contributed by atoms with E-state index < -0.39 is 0 Å². The molecular formula is C11H14. The molecule has 0 radical (unpaired) electrons. The van der Waals surface area contributed by atoms with Crippen LogP contribution in [0.5, 0.6) is 0 Å². The van der Waals surface area contributed by atoms with Crippen LogP contribution in [0.15, 0.2) is 35.5 Å². The average Bonchev–Trinajstić information content (AvgIpc) is 2.04. The molecule has 0 spiro atoms. The minimum Gasteiger partial charge on any atom is -0.0836 e. The summed E-state index contributed by atoms with van der Waals surface area (Å²) in [5.74, 6) is 0.764. The second kappa shape index (κ2) is 2.69. The van der Waals surface area contributed by atoms with E-state index in [9.17, 15) is 0 Å². The third kappa shape index (κ3) is 1.30. The van der Waals surface area contributed by atoms with Gasteiger partial charge in [0.25, 0.3) is 0 Å². The Bertz CT molecular complexity index is 241. The van der Waals surface area contributed by atoms with Crippen molar-refractivity contribution in [2.45, 2.75) is 26.2 Å². The van der Waals surface area contributed by atoms with E-state index in [1.807, 2.05) is 0 Å². The molecule has 0 aliphatic heterocycles. The molecule has 0 aromatic rings. The normalized spacial score (nSPS) is 29.0. The van der Waals surface area contributed by atoms with Crippen molar-refractivity contribution in [2.75, 3.05) is 0 Å². The van der Waals surface area contributed by atoms with Gasteiger partial charge < -0.3 is 0 Å². The smallest absolute Gasteiger partial charge is 0.0221 e. The topological polar surface area (TPSA) is 0 Å². The highest BCUT2D eigenvalue weighted by atomic mass is 14.2. The molecule has 2 aliphatic carbocycles. The minimum atomic E-state index is 0.764. The van der Waals surface area contributed by atoms with Crippen LogP contribution in [-0.2, 0) is 0 Å². The first-order chi connectivity index (χ1) is 5.36. The van der Waals surface area contributed by atoms with Crippen molar-refractivity contribution in [3.05, 3.63) is 35.5 Å². The zero-order valence-corrected chi connectivity index (χ0v) is 7.01. The molecule has 0 heterocycles. The quantitative estimate of drug-likeness (QED) is 0.492. The van der Waals surface area contributed by atoms with Gasteiger partial charge in [0.05, 0.1) is 0 Å². The molecule has 58 valence electrons. The number of fused-ring (bicyclic) bond motifs is 1. The van der Waals surface area contributed by atoms with E-state index in [0.29, 0.717) is 0 Å². The summed E-state index contributed by atoms with van der Waals surface area (Å²) in [4.78, 5) is 0. The molecule has 0 fully saturated rings. The summed E-state index contributed by atoms with van der Waals surface area (Å²) in [6.07, 6.45) is 13.1. The van der Waals surface area contributed by atoms with Gasteiger partial charge in [-0.3, -0.25) is 0 Å². The van der Waals surface area contributed by atoms with Gasteiger partial charge in [-0.05, 0) is 36.3 Å². The molecule has 11 heavy (non-hydrogen) atoms. The lowest BCUT2D eigenvalue weighted by molar-refractivity contribution is 0.712. The molecule has 1 atom stereocenters. The van der Waals surface area contributed by atoms with Crippen molar-refractivity contribution in [1.29, 1.82) is 0 Å². The van der Waals surface area contributed by atoms with Gasteiger partial charge in [-0.2, -0.15) is 0 Å². The van der Waals surface area contributed by atoms with Gasteiger partial charge in [-0.15, -0.1) is 0 Å². The number of allylic oxidation sites excluding steroid dienone is 6. The van der Waals surface area contributed by atoms with Crippen LogP contribution in [0.2, 0.25) is 0 Å². The van der Waals surface area contributed by atoms with Gasteiger partial charge in [0.15, 0.2) is 0 Å². The summed E-state index contributed by atoms with van der Waals surface area (Å²) in [5.41, 5.74) is 3.06. The molecule has 0 aromatic carbocycles. The Kier molecular flexibility index (Phi) is 1.69. The van der Waals surface area contributed by atoms with Crippen LogP contribution < -0.4 is 0 Å². The lowest BCUT2D eigenvalue weighted by atomic mass is 9.86. The van der Waals surface area contributed by atoms with Gasteiger partial charge >= 0.3 is 0 Å². The first-order valence-electron chi connectivity index (χ1n) is 4.44. The van der Waals surface area contributed by atoms with E-state index in [4.69, 9.17) is 0 Å². The van der Waals surface area contributed by atoms with E-state index in [0.717, 1.165) is 5.92 Å². The second-order valence-corrected chi connectivity index (χ2v) is 3.51. The molecule has 0 saturated carbocycles. The highest BCUT2D eigenvalue weighted by Crippen LogP contribution is 2.29. The van der Waals surface area contributed by atoms with Crippen LogP contribution in [0.25, 0.3) is 0 Å². The Morgan fingerprint density at radius 1 is 1.45 bits per heavy atom. The Morgan fingerprint density at radius 3 is 3.27 bits per heavy atom. The lowest BCUT2D eigenvalue weighted by Gasteiger charge is -2.19. The number of hydrogen-bond donors (Lipinski definition) is 0. The van der Waals surface area contributed by atoms with Gasteiger partial charge in [0.1, 0.15) is 0 Å². The van der Waals surface area contributed by atoms with E-state index in [-0.39, 0.29) is 0 Å². The zero-order valence-electron chi connectivity index (χ0n) is 7.01. The van der Waals surface area contributed by atoms with Gasteiger partial charge in [0, 0.05) is 0 Å². The Morgan fingerprint density at radius 2 is 2.36 bits per heavy atom. The largest absolute Gasteiger partial charge is 0.0836 e. The van der Waals surface area contributed by atoms with Crippen molar-refractivity contribution in [2.24, 2.45) is 5.92 Å². The molecule has 2 rings (SSSR count). The van der Waals surface area contributed by atoms with Crippen molar-refractivity contribution >= 4 is 0 Å². The molecule has 0 N–H and O–H groups in total. The molecule has 0 bridgehead atoms. The van der Waals surface area contributed by atoms with Crippen LogP contribution in [0.1, 0.15) is 26.2 Å². The highest BCUT2D eigenvalue weighted by Gasteiger charge is 2.12. The minimum absolute atomic E-state index is 0.764. The standard InChI is InChI=1S/C11H14/c1-9-6-7-10-4-2-3-5-11(10)8-9/h2,4,7-9H,3,5-6H2,1H3. The zero-order chi connectivity index (χ0) is 7.68. The predicted octanol–water partition coefficient (Wildman–Crippen LogP) is 3.23. The summed E-state index contributed by atoms with van der Waals surface area (Å²) in [5, 5.41) is 0. The summed E-state index contributed by atoms with van der Waals surface area (Å²) >= 11 is 0. The molecule has 0 nitrogen and oxygen atoms in total. The van der Waals surface area contributed by atoms with Gasteiger partial charge in [0.2, 0.25) is 0 Å². The van der Waals surface area contributed by atoms with E-state index >= 15 is 0 Å². The summed E-state index contributed by atoms with van der Waals surface area (Å²) in [7, 11) is 0. The number of hydrogen-bond acceptors (Lipinski definition) is 0. The van der Waals surface area contributed by atoms with Crippen LogP contribution in [-0.4, -0.2) is 0 Å². The summed E-state index contributed by atoms with van der Waals surface area (Å²) in [6.45, 7) is 2.29. The lowest BCUT2D eigenvalue weighted by Crippen LogP contribution is -2.02.